The molecule has 0 radical (unpaired) electrons. The maximum absolute atomic E-state index is 13.3. The van der Waals surface area contributed by atoms with Gasteiger partial charge in [0, 0.05) is 10.0 Å². The Kier molecular flexibility index (Phi) is 7.50. The standard InChI is InChI=1S/C22H18Cl2FN3O3S/c1-15(16-5-9-19(25)10-6-16)26-27-22(29)14-28(20-4-2-3-18(24)13-20)32(30,31)21-11-7-17(23)8-12-21/h2-13H,14H2,1H3,(H,27,29)/b26-15-. The van der Waals surface area contributed by atoms with Crippen molar-refractivity contribution in [1.29, 1.82) is 0 Å². The van der Waals surface area contributed by atoms with Gasteiger partial charge in [0.05, 0.1) is 16.3 Å². The third kappa shape index (κ3) is 5.85. The third-order valence-corrected chi connectivity index (χ3v) is 6.67. The zero-order valence-electron chi connectivity index (χ0n) is 16.8. The van der Waals surface area contributed by atoms with Gasteiger partial charge >= 0.3 is 0 Å². The summed E-state index contributed by atoms with van der Waals surface area (Å²) in [7, 11) is -4.11. The molecule has 10 heteroatoms. The maximum atomic E-state index is 13.3. The van der Waals surface area contributed by atoms with Gasteiger partial charge in [-0.1, -0.05) is 41.4 Å². The second kappa shape index (κ2) is 10.1. The fraction of sp³-hybridized carbons (Fsp3) is 0.0909. The molecule has 6 nitrogen and oxygen atoms in total. The van der Waals surface area contributed by atoms with Crippen molar-refractivity contribution in [3.05, 3.63) is 94.2 Å². The van der Waals surface area contributed by atoms with Gasteiger partial charge in [-0.2, -0.15) is 5.10 Å². The van der Waals surface area contributed by atoms with Crippen LogP contribution in [0.1, 0.15) is 12.5 Å². The topological polar surface area (TPSA) is 78.8 Å². The van der Waals surface area contributed by atoms with Gasteiger partial charge in [-0.3, -0.25) is 9.10 Å². The number of amides is 1. The SMILES string of the molecule is C/C(=N/NC(=O)CN(c1cccc(Cl)c1)S(=O)(=O)c1ccc(Cl)cc1)c1ccc(F)cc1. The van der Waals surface area contributed by atoms with Crippen LogP contribution >= 0.6 is 23.2 Å². The molecule has 0 atom stereocenters. The van der Waals surface area contributed by atoms with E-state index in [-0.39, 0.29) is 10.6 Å². The van der Waals surface area contributed by atoms with E-state index in [2.05, 4.69) is 10.5 Å². The van der Waals surface area contributed by atoms with Crippen LogP contribution in [-0.4, -0.2) is 26.6 Å². The number of hydrogen-bond acceptors (Lipinski definition) is 4. The van der Waals surface area contributed by atoms with Gasteiger partial charge in [-0.15, -0.1) is 0 Å². The first kappa shape index (κ1) is 23.7. The fourth-order valence-electron chi connectivity index (χ4n) is 2.75. The number of anilines is 1. The van der Waals surface area contributed by atoms with Crippen molar-refractivity contribution in [3.63, 3.8) is 0 Å². The Morgan fingerprint density at radius 2 is 1.66 bits per heavy atom. The van der Waals surface area contributed by atoms with E-state index in [4.69, 9.17) is 23.2 Å². The monoisotopic (exact) mass is 493 g/mol. The molecule has 0 heterocycles. The minimum absolute atomic E-state index is 0.0410. The summed E-state index contributed by atoms with van der Waals surface area (Å²) in [6.45, 7) is 1.08. The molecule has 3 rings (SSSR count). The summed E-state index contributed by atoms with van der Waals surface area (Å²) in [5, 5.41) is 4.67. The molecular formula is C22H18Cl2FN3O3S. The average molecular weight is 494 g/mol. The Bertz CT molecular complexity index is 1250. The highest BCUT2D eigenvalue weighted by molar-refractivity contribution is 7.92. The minimum Gasteiger partial charge on any atom is -0.271 e. The molecule has 0 saturated heterocycles. The van der Waals surface area contributed by atoms with Crippen molar-refractivity contribution in [2.75, 3.05) is 10.8 Å². The van der Waals surface area contributed by atoms with Crippen molar-refractivity contribution in [2.24, 2.45) is 5.10 Å². The normalized spacial score (nSPS) is 11.8. The lowest BCUT2D eigenvalue weighted by Gasteiger charge is -2.24. The van der Waals surface area contributed by atoms with Gasteiger partial charge in [0.25, 0.3) is 15.9 Å². The first-order chi connectivity index (χ1) is 15.2. The largest absolute Gasteiger partial charge is 0.271 e. The summed E-state index contributed by atoms with van der Waals surface area (Å²) < 4.78 is 40.6. The quantitative estimate of drug-likeness (QED) is 0.376. The summed E-state index contributed by atoms with van der Waals surface area (Å²) in [6.07, 6.45) is 0. The number of nitrogens with one attached hydrogen (secondary N) is 1. The van der Waals surface area contributed by atoms with Crippen LogP contribution in [0.15, 0.2) is 82.8 Å². The van der Waals surface area contributed by atoms with Crippen LogP contribution in [0.2, 0.25) is 10.0 Å². The van der Waals surface area contributed by atoms with Crippen LogP contribution < -0.4 is 9.73 Å². The molecule has 3 aromatic carbocycles. The number of carbonyl (C=O) groups is 1. The fourth-order valence-corrected chi connectivity index (χ4v) is 4.47. The van der Waals surface area contributed by atoms with E-state index < -0.39 is 28.3 Å². The summed E-state index contributed by atoms with van der Waals surface area (Å²) >= 11 is 11.9. The Morgan fingerprint density at radius 1 is 1.00 bits per heavy atom. The van der Waals surface area contributed by atoms with Crippen LogP contribution in [0, 0.1) is 5.82 Å². The van der Waals surface area contributed by atoms with E-state index in [1.807, 2.05) is 0 Å². The number of hydrazone groups is 1. The van der Waals surface area contributed by atoms with Crippen LogP contribution in [0.5, 0.6) is 0 Å². The number of nitrogens with zero attached hydrogens (tertiary/aromatic N) is 2. The first-order valence-corrected chi connectivity index (χ1v) is 11.5. The zero-order valence-corrected chi connectivity index (χ0v) is 19.1. The van der Waals surface area contributed by atoms with Crippen LogP contribution in [0.4, 0.5) is 10.1 Å². The predicted molar refractivity (Wildman–Crippen MR) is 124 cm³/mol. The minimum atomic E-state index is -4.11. The highest BCUT2D eigenvalue weighted by Gasteiger charge is 2.27. The third-order valence-electron chi connectivity index (χ3n) is 4.40. The van der Waals surface area contributed by atoms with Gasteiger partial charge in [0.15, 0.2) is 0 Å². The van der Waals surface area contributed by atoms with Crippen LogP contribution in [-0.2, 0) is 14.8 Å². The first-order valence-electron chi connectivity index (χ1n) is 9.30. The van der Waals surface area contributed by atoms with E-state index in [0.29, 0.717) is 21.3 Å². The van der Waals surface area contributed by atoms with Crippen LogP contribution in [0.3, 0.4) is 0 Å². The highest BCUT2D eigenvalue weighted by Crippen LogP contribution is 2.26. The van der Waals surface area contributed by atoms with Crippen molar-refractivity contribution in [3.8, 4) is 0 Å². The lowest BCUT2D eigenvalue weighted by atomic mass is 10.1. The molecule has 1 N–H and O–H groups in total. The molecule has 0 aromatic heterocycles. The highest BCUT2D eigenvalue weighted by atomic mass is 35.5. The Labute approximate surface area is 195 Å². The number of hydrogen-bond donors (Lipinski definition) is 1. The number of benzene rings is 3. The zero-order chi connectivity index (χ0) is 23.3. The Morgan fingerprint density at radius 3 is 2.28 bits per heavy atom. The lowest BCUT2D eigenvalue weighted by molar-refractivity contribution is -0.119. The summed E-state index contributed by atoms with van der Waals surface area (Å²) in [6, 6.07) is 17.3. The summed E-state index contributed by atoms with van der Waals surface area (Å²) in [5.41, 5.74) is 3.58. The van der Waals surface area contributed by atoms with E-state index >= 15 is 0 Å². The lowest BCUT2D eigenvalue weighted by Crippen LogP contribution is -2.39. The van der Waals surface area contributed by atoms with E-state index in [9.17, 15) is 17.6 Å². The molecule has 0 aliphatic heterocycles. The molecule has 166 valence electrons. The van der Waals surface area contributed by atoms with Gasteiger partial charge in [0.1, 0.15) is 12.4 Å². The van der Waals surface area contributed by atoms with Crippen molar-refractivity contribution in [1.82, 2.24) is 5.43 Å². The molecule has 0 bridgehead atoms. The molecule has 32 heavy (non-hydrogen) atoms. The van der Waals surface area contributed by atoms with Gasteiger partial charge in [-0.05, 0) is 67.1 Å². The molecule has 0 aliphatic rings. The molecule has 1 amide bonds. The number of halogens is 3. The second-order valence-electron chi connectivity index (χ2n) is 6.68. The summed E-state index contributed by atoms with van der Waals surface area (Å²) in [5.74, 6) is -1.07. The van der Waals surface area contributed by atoms with Gasteiger partial charge in [-0.25, -0.2) is 18.2 Å². The summed E-state index contributed by atoms with van der Waals surface area (Å²) in [4.78, 5) is 12.6. The Balaban J connectivity index is 1.87. The average Bonchev–Trinajstić information content (AvgIpc) is 2.76. The van der Waals surface area contributed by atoms with Crippen molar-refractivity contribution in [2.45, 2.75) is 11.8 Å². The van der Waals surface area contributed by atoms with Gasteiger partial charge < -0.3 is 0 Å². The molecule has 0 aliphatic carbocycles. The van der Waals surface area contributed by atoms with E-state index in [1.54, 1.807) is 19.1 Å². The molecular weight excluding hydrogens is 476 g/mol. The number of rotatable bonds is 7. The number of carbonyl (C=O) groups excluding carboxylic acids is 1. The Hall–Kier alpha value is -2.94. The van der Waals surface area contributed by atoms with E-state index in [1.165, 1.54) is 60.7 Å². The van der Waals surface area contributed by atoms with Gasteiger partial charge in [0.2, 0.25) is 0 Å². The predicted octanol–water partition coefficient (Wildman–Crippen LogP) is 4.87. The van der Waals surface area contributed by atoms with Crippen molar-refractivity contribution < 1.29 is 17.6 Å². The van der Waals surface area contributed by atoms with Crippen LogP contribution in [0.25, 0.3) is 0 Å². The van der Waals surface area contributed by atoms with E-state index in [0.717, 1.165) is 4.31 Å². The molecule has 0 spiro atoms. The van der Waals surface area contributed by atoms with Crippen molar-refractivity contribution >= 4 is 50.5 Å². The molecule has 0 fully saturated rings. The number of sulfonamides is 1. The maximum Gasteiger partial charge on any atom is 0.264 e. The molecule has 0 saturated carbocycles. The molecule has 3 aromatic rings. The smallest absolute Gasteiger partial charge is 0.264 e. The molecule has 0 unspecified atom stereocenters. The second-order valence-corrected chi connectivity index (χ2v) is 9.42.